The van der Waals surface area contributed by atoms with Crippen molar-refractivity contribution in [1.29, 1.82) is 0 Å². The number of para-hydroxylation sites is 1. The van der Waals surface area contributed by atoms with Gasteiger partial charge in [-0.2, -0.15) is 0 Å². The van der Waals surface area contributed by atoms with Crippen LogP contribution in [0.5, 0.6) is 0 Å². The third-order valence-electron chi connectivity index (χ3n) is 9.44. The van der Waals surface area contributed by atoms with E-state index in [0.29, 0.717) is 0 Å². The van der Waals surface area contributed by atoms with Gasteiger partial charge in [0, 0.05) is 22.7 Å². The van der Waals surface area contributed by atoms with Gasteiger partial charge in [-0.3, -0.25) is 4.98 Å². The molecule has 0 radical (unpaired) electrons. The number of benzene rings is 6. The first-order valence-electron chi connectivity index (χ1n) is 17.1. The molecule has 0 amide bonds. The van der Waals surface area contributed by atoms with Crippen molar-refractivity contribution in [3.63, 3.8) is 0 Å². The van der Waals surface area contributed by atoms with Crippen molar-refractivity contribution in [2.45, 2.75) is 19.9 Å². The number of amidine groups is 1. The quantitative estimate of drug-likeness (QED) is 0.188. The van der Waals surface area contributed by atoms with Crippen LogP contribution in [0.4, 0.5) is 0 Å². The van der Waals surface area contributed by atoms with Gasteiger partial charge < -0.3 is 5.32 Å². The Hall–Kier alpha value is -6.32. The second kappa shape index (κ2) is 13.7. The second-order valence-corrected chi connectivity index (χ2v) is 12.8. The molecule has 0 saturated carbocycles. The lowest BCUT2D eigenvalue weighted by molar-refractivity contribution is 0.781. The predicted molar refractivity (Wildman–Crippen MR) is 211 cm³/mol. The summed E-state index contributed by atoms with van der Waals surface area (Å²) in [5.41, 5.74) is 14.8. The lowest BCUT2D eigenvalue weighted by Crippen LogP contribution is -2.31. The molecular weight excluding hydrogens is 607 g/mol. The van der Waals surface area contributed by atoms with Crippen LogP contribution in [0.1, 0.15) is 40.8 Å². The van der Waals surface area contributed by atoms with Crippen molar-refractivity contribution in [1.82, 2.24) is 10.3 Å². The summed E-state index contributed by atoms with van der Waals surface area (Å²) in [5, 5.41) is 4.88. The maximum absolute atomic E-state index is 5.20. The molecule has 1 aliphatic rings. The van der Waals surface area contributed by atoms with Crippen molar-refractivity contribution in [3.05, 3.63) is 198 Å². The number of rotatable bonds is 7. The van der Waals surface area contributed by atoms with Gasteiger partial charge in [-0.05, 0) is 82.1 Å². The molecule has 0 spiro atoms. The molecule has 50 heavy (non-hydrogen) atoms. The highest BCUT2D eigenvalue weighted by Crippen LogP contribution is 2.32. The third-order valence-corrected chi connectivity index (χ3v) is 9.44. The monoisotopic (exact) mass is 643 g/mol. The smallest absolute Gasteiger partial charge is 0.134 e. The number of pyridine rings is 1. The van der Waals surface area contributed by atoms with E-state index in [1.807, 2.05) is 18.3 Å². The summed E-state index contributed by atoms with van der Waals surface area (Å²) in [6.07, 6.45) is 8.42. The van der Waals surface area contributed by atoms with Crippen LogP contribution in [0.25, 0.3) is 56.1 Å². The molecule has 0 aliphatic carbocycles. The average molecular weight is 644 g/mol. The van der Waals surface area contributed by atoms with Crippen LogP contribution in [0, 0.1) is 6.92 Å². The Kier molecular flexibility index (Phi) is 8.46. The van der Waals surface area contributed by atoms with E-state index < -0.39 is 0 Å². The van der Waals surface area contributed by atoms with Gasteiger partial charge >= 0.3 is 0 Å². The Labute approximate surface area is 294 Å². The van der Waals surface area contributed by atoms with Crippen LogP contribution in [0.2, 0.25) is 0 Å². The highest BCUT2D eigenvalue weighted by Gasteiger charge is 2.20. The zero-order valence-electron chi connectivity index (χ0n) is 28.2. The molecular formula is C47H37N3. The molecule has 1 unspecified atom stereocenters. The predicted octanol–water partition coefficient (Wildman–Crippen LogP) is 11.7. The molecule has 1 aromatic heterocycles. The van der Waals surface area contributed by atoms with Gasteiger partial charge in [0.15, 0.2) is 0 Å². The SMILES string of the molecule is C/C=C\c1ccc(-c2ccc(C3=NC(c4ccc(-c5cnc6ccccc6c5)cc4)=CC(c4ccc(-c5ccccc5)cc4)N3)cc2)cc1C. The molecule has 6 aromatic carbocycles. The molecule has 0 fully saturated rings. The number of nitrogens with one attached hydrogen (secondary N) is 1. The molecule has 0 bridgehead atoms. The van der Waals surface area contributed by atoms with Crippen LogP contribution < -0.4 is 5.32 Å². The topological polar surface area (TPSA) is 37.3 Å². The minimum Gasteiger partial charge on any atom is -0.359 e. The Morgan fingerprint density at radius 1 is 0.560 bits per heavy atom. The van der Waals surface area contributed by atoms with Crippen molar-refractivity contribution in [2.75, 3.05) is 0 Å². The summed E-state index contributed by atoms with van der Waals surface area (Å²) in [5.74, 6) is 0.855. The van der Waals surface area contributed by atoms with Gasteiger partial charge in [-0.15, -0.1) is 0 Å². The van der Waals surface area contributed by atoms with Crippen molar-refractivity contribution >= 4 is 28.5 Å². The normalized spacial score (nSPS) is 14.3. The number of hydrogen-bond acceptors (Lipinski definition) is 3. The number of fused-ring (bicyclic) bond motifs is 1. The largest absolute Gasteiger partial charge is 0.359 e. The van der Waals surface area contributed by atoms with Crippen molar-refractivity contribution in [3.8, 4) is 33.4 Å². The molecule has 1 aliphatic heterocycles. The van der Waals surface area contributed by atoms with E-state index in [-0.39, 0.29) is 6.04 Å². The van der Waals surface area contributed by atoms with Gasteiger partial charge in [-0.25, -0.2) is 4.99 Å². The lowest BCUT2D eigenvalue weighted by Gasteiger charge is -2.25. The van der Waals surface area contributed by atoms with Crippen LogP contribution in [0.3, 0.4) is 0 Å². The zero-order valence-corrected chi connectivity index (χ0v) is 28.2. The molecule has 7 aromatic rings. The highest BCUT2D eigenvalue weighted by atomic mass is 15.0. The van der Waals surface area contributed by atoms with Crippen molar-refractivity contribution < 1.29 is 0 Å². The molecule has 1 atom stereocenters. The van der Waals surface area contributed by atoms with E-state index in [4.69, 9.17) is 4.99 Å². The molecule has 1 N–H and O–H groups in total. The maximum atomic E-state index is 5.20. The Bertz CT molecular complexity index is 2380. The van der Waals surface area contributed by atoms with E-state index >= 15 is 0 Å². The van der Waals surface area contributed by atoms with Gasteiger partial charge in [0.1, 0.15) is 5.84 Å². The van der Waals surface area contributed by atoms with Gasteiger partial charge in [0.05, 0.1) is 17.3 Å². The molecule has 3 heteroatoms. The fourth-order valence-corrected chi connectivity index (χ4v) is 6.64. The maximum Gasteiger partial charge on any atom is 0.134 e. The third kappa shape index (κ3) is 6.42. The van der Waals surface area contributed by atoms with Crippen molar-refractivity contribution in [2.24, 2.45) is 4.99 Å². The summed E-state index contributed by atoms with van der Waals surface area (Å²) in [6.45, 7) is 4.22. The minimum absolute atomic E-state index is 0.0480. The zero-order chi connectivity index (χ0) is 33.9. The lowest BCUT2D eigenvalue weighted by atomic mass is 9.96. The number of allylic oxidation sites excluding steroid dienone is 1. The van der Waals surface area contributed by atoms with Crippen LogP contribution in [0.15, 0.2) is 175 Å². The number of hydrogen-bond donors (Lipinski definition) is 1. The number of aryl methyl sites for hydroxylation is 1. The molecule has 2 heterocycles. The van der Waals surface area contributed by atoms with E-state index in [2.05, 4.69) is 182 Å². The van der Waals surface area contributed by atoms with Gasteiger partial charge in [0.25, 0.3) is 0 Å². The molecule has 3 nitrogen and oxygen atoms in total. The van der Waals surface area contributed by atoms with E-state index in [1.54, 1.807) is 0 Å². The number of aromatic nitrogens is 1. The summed E-state index contributed by atoms with van der Waals surface area (Å²) >= 11 is 0. The first kappa shape index (κ1) is 31.0. The minimum atomic E-state index is -0.0480. The number of aliphatic imine (C=N–C) groups is 1. The fourth-order valence-electron chi connectivity index (χ4n) is 6.64. The standard InChI is InChI=1S/C47H37N3/c1-3-9-33-14-27-41(28-32(33)2)36-19-25-40(26-20-36)47-49-45(38-21-15-35(16-22-38)34-10-5-4-6-11-34)30-46(50-47)39-23-17-37(18-24-39)43-29-42-12-7-8-13-44(42)48-31-43/h3-31,45H,1-2H3,(H,49,50)/b9-3-. The fraction of sp³-hybridized carbons (Fsp3) is 0.0638. The Balaban J connectivity index is 1.12. The summed E-state index contributed by atoms with van der Waals surface area (Å²) < 4.78 is 0. The highest BCUT2D eigenvalue weighted by molar-refractivity contribution is 6.03. The second-order valence-electron chi connectivity index (χ2n) is 12.8. The van der Waals surface area contributed by atoms with E-state index in [1.165, 1.54) is 38.9 Å². The Morgan fingerprint density at radius 2 is 1.16 bits per heavy atom. The van der Waals surface area contributed by atoms with Crippen LogP contribution in [-0.4, -0.2) is 10.8 Å². The van der Waals surface area contributed by atoms with E-state index in [0.717, 1.165) is 44.7 Å². The first-order valence-corrected chi connectivity index (χ1v) is 17.1. The molecule has 8 rings (SSSR count). The summed E-state index contributed by atoms with van der Waals surface area (Å²) in [4.78, 5) is 9.88. The van der Waals surface area contributed by atoms with Gasteiger partial charge in [-0.1, -0.05) is 152 Å². The number of nitrogens with zero attached hydrogens (tertiary/aromatic N) is 2. The molecule has 240 valence electrons. The average Bonchev–Trinajstić information content (AvgIpc) is 3.19. The van der Waals surface area contributed by atoms with Gasteiger partial charge in [0.2, 0.25) is 0 Å². The van der Waals surface area contributed by atoms with Crippen LogP contribution >= 0.6 is 0 Å². The first-order chi connectivity index (χ1) is 24.6. The van der Waals surface area contributed by atoms with E-state index in [9.17, 15) is 0 Å². The molecule has 0 saturated heterocycles. The van der Waals surface area contributed by atoms with Crippen LogP contribution in [-0.2, 0) is 0 Å². The summed E-state index contributed by atoms with van der Waals surface area (Å²) in [6, 6.07) is 53.8. The summed E-state index contributed by atoms with van der Waals surface area (Å²) in [7, 11) is 0. The Morgan fingerprint density at radius 3 is 1.90 bits per heavy atom.